The van der Waals surface area contributed by atoms with Gasteiger partial charge < -0.3 is 20.5 Å². The summed E-state index contributed by atoms with van der Waals surface area (Å²) < 4.78 is 5.59. The molecule has 0 aromatic heterocycles. The molecule has 2 aromatic rings. The van der Waals surface area contributed by atoms with E-state index >= 15 is 0 Å². The van der Waals surface area contributed by atoms with Gasteiger partial charge in [-0.2, -0.15) is 0 Å². The van der Waals surface area contributed by atoms with Crippen LogP contribution in [0, 0.1) is 11.3 Å². The smallest absolute Gasteiger partial charge is 0.407 e. The third-order valence-corrected chi connectivity index (χ3v) is 7.59. The van der Waals surface area contributed by atoms with Crippen LogP contribution in [-0.4, -0.2) is 42.3 Å². The fourth-order valence-electron chi connectivity index (χ4n) is 5.50. The minimum absolute atomic E-state index is 0.00236. The summed E-state index contributed by atoms with van der Waals surface area (Å²) in [5.74, 6) is -0.718. The summed E-state index contributed by atoms with van der Waals surface area (Å²) in [6, 6.07) is 16.4. The van der Waals surface area contributed by atoms with E-state index in [0.29, 0.717) is 6.42 Å². The van der Waals surface area contributed by atoms with Gasteiger partial charge in [-0.25, -0.2) is 4.79 Å². The van der Waals surface area contributed by atoms with Crippen LogP contribution in [0.5, 0.6) is 0 Å². The number of rotatable bonds is 8. The molecule has 2 fully saturated rings. The van der Waals surface area contributed by atoms with Gasteiger partial charge in [0.05, 0.1) is 5.41 Å². The van der Waals surface area contributed by atoms with E-state index in [1.807, 2.05) is 24.3 Å². The molecule has 0 unspecified atom stereocenters. The molecule has 2 saturated carbocycles. The lowest BCUT2D eigenvalue weighted by molar-refractivity contribution is -0.138. The Morgan fingerprint density at radius 3 is 2.24 bits per heavy atom. The van der Waals surface area contributed by atoms with Gasteiger partial charge in [0.2, 0.25) is 5.91 Å². The number of ether oxygens (including phenoxy) is 1. The number of amides is 2. The largest absolute Gasteiger partial charge is 0.481 e. The van der Waals surface area contributed by atoms with E-state index in [9.17, 15) is 14.4 Å². The number of alkyl carbamates (subject to hydrolysis) is 1. The quantitative estimate of drug-likeness (QED) is 0.549. The molecular formula is C27H30N2O5. The first-order chi connectivity index (χ1) is 16.4. The maximum Gasteiger partial charge on any atom is 0.407 e. The number of carbonyl (C=O) groups is 3. The topological polar surface area (TPSA) is 105 Å². The summed E-state index contributed by atoms with van der Waals surface area (Å²) in [5, 5.41) is 14.9. The normalized spacial score (nSPS) is 21.9. The van der Waals surface area contributed by atoms with Crippen LogP contribution in [-0.2, 0) is 14.3 Å². The predicted molar refractivity (Wildman–Crippen MR) is 126 cm³/mol. The number of benzene rings is 2. The first-order valence-corrected chi connectivity index (χ1v) is 12.1. The molecular weight excluding hydrogens is 432 g/mol. The summed E-state index contributed by atoms with van der Waals surface area (Å²) in [6.45, 7) is 0.493. The fourth-order valence-corrected chi connectivity index (χ4v) is 5.50. The van der Waals surface area contributed by atoms with Crippen molar-refractivity contribution in [2.45, 2.75) is 50.5 Å². The van der Waals surface area contributed by atoms with Crippen LogP contribution in [0.3, 0.4) is 0 Å². The molecule has 3 aliphatic carbocycles. The SMILES string of the molecule is O=C(O)C[C@@H]1CC[C@H](NC(=O)C2(CNC(=O)OCC3c4ccccc4-c4ccccc43)CC2)C1. The lowest BCUT2D eigenvalue weighted by Crippen LogP contribution is -2.44. The minimum Gasteiger partial charge on any atom is -0.481 e. The number of hydrogen-bond donors (Lipinski definition) is 3. The summed E-state index contributed by atoms with van der Waals surface area (Å²) >= 11 is 0. The highest BCUT2D eigenvalue weighted by Crippen LogP contribution is 2.46. The van der Waals surface area contributed by atoms with Crippen LogP contribution in [0.25, 0.3) is 11.1 Å². The van der Waals surface area contributed by atoms with Gasteiger partial charge >= 0.3 is 12.1 Å². The molecule has 3 aliphatic rings. The average Bonchev–Trinajstić information content (AvgIpc) is 3.40. The van der Waals surface area contributed by atoms with E-state index in [-0.39, 0.29) is 43.4 Å². The summed E-state index contributed by atoms with van der Waals surface area (Å²) in [7, 11) is 0. The first kappa shape index (κ1) is 22.4. The lowest BCUT2D eigenvalue weighted by Gasteiger charge is -2.20. The highest BCUT2D eigenvalue weighted by atomic mass is 16.5. The van der Waals surface area contributed by atoms with Crippen LogP contribution >= 0.6 is 0 Å². The predicted octanol–water partition coefficient (Wildman–Crippen LogP) is 4.06. The Bertz CT molecular complexity index is 1060. The molecule has 0 saturated heterocycles. The highest BCUT2D eigenvalue weighted by molar-refractivity contribution is 5.86. The van der Waals surface area contributed by atoms with Gasteiger partial charge in [0.1, 0.15) is 6.61 Å². The van der Waals surface area contributed by atoms with Crippen LogP contribution in [0.4, 0.5) is 4.79 Å². The van der Waals surface area contributed by atoms with Gasteiger partial charge in [-0.15, -0.1) is 0 Å². The lowest BCUT2D eigenvalue weighted by atomic mass is 9.98. The molecule has 5 rings (SSSR count). The van der Waals surface area contributed by atoms with Gasteiger partial charge in [0, 0.05) is 24.9 Å². The Hall–Kier alpha value is -3.35. The van der Waals surface area contributed by atoms with Crippen molar-refractivity contribution in [2.75, 3.05) is 13.2 Å². The molecule has 0 aliphatic heterocycles. The number of nitrogens with one attached hydrogen (secondary N) is 2. The summed E-state index contributed by atoms with van der Waals surface area (Å²) in [6.07, 6.45) is 3.43. The Morgan fingerprint density at radius 1 is 0.971 bits per heavy atom. The zero-order valence-corrected chi connectivity index (χ0v) is 19.1. The molecule has 2 atom stereocenters. The number of carboxylic acid groups (broad SMARTS) is 1. The molecule has 0 spiro atoms. The van der Waals surface area contributed by atoms with Crippen LogP contribution in [0.15, 0.2) is 48.5 Å². The zero-order valence-electron chi connectivity index (χ0n) is 19.1. The third-order valence-electron chi connectivity index (χ3n) is 7.59. The molecule has 0 heterocycles. The van der Waals surface area contributed by atoms with Crippen LogP contribution in [0.1, 0.15) is 55.6 Å². The van der Waals surface area contributed by atoms with Crippen LogP contribution < -0.4 is 10.6 Å². The van der Waals surface area contributed by atoms with Crippen molar-refractivity contribution in [1.82, 2.24) is 10.6 Å². The van der Waals surface area contributed by atoms with Crippen molar-refractivity contribution >= 4 is 18.0 Å². The fraction of sp³-hybridized carbons (Fsp3) is 0.444. The van der Waals surface area contributed by atoms with E-state index in [4.69, 9.17) is 9.84 Å². The molecule has 7 nitrogen and oxygen atoms in total. The van der Waals surface area contributed by atoms with E-state index in [1.54, 1.807) is 0 Å². The van der Waals surface area contributed by atoms with Gasteiger partial charge in [-0.05, 0) is 60.3 Å². The maximum absolute atomic E-state index is 12.8. The van der Waals surface area contributed by atoms with Crippen molar-refractivity contribution in [2.24, 2.45) is 11.3 Å². The van der Waals surface area contributed by atoms with Crippen molar-refractivity contribution in [3.8, 4) is 11.1 Å². The van der Waals surface area contributed by atoms with E-state index in [0.717, 1.165) is 36.8 Å². The highest BCUT2D eigenvalue weighted by Gasteiger charge is 2.50. The number of fused-ring (bicyclic) bond motifs is 3. The molecule has 0 radical (unpaired) electrons. The number of aliphatic carboxylic acids is 1. The number of carbonyl (C=O) groups excluding carboxylic acids is 2. The standard InChI is InChI=1S/C27H30N2O5/c30-24(31)14-17-9-10-18(13-17)29-25(32)27(11-12-27)16-28-26(33)34-15-23-21-7-3-1-5-19(21)20-6-2-4-8-22(20)23/h1-8,17-18,23H,9-16H2,(H,28,33)(H,29,32)(H,30,31)/t17-,18+/m1/s1. The Labute approximate surface area is 198 Å². The molecule has 0 bridgehead atoms. The average molecular weight is 463 g/mol. The van der Waals surface area contributed by atoms with Gasteiger partial charge in [0.15, 0.2) is 0 Å². The van der Waals surface area contributed by atoms with Gasteiger partial charge in [0.25, 0.3) is 0 Å². The van der Waals surface area contributed by atoms with Crippen molar-refractivity contribution in [3.63, 3.8) is 0 Å². The van der Waals surface area contributed by atoms with Crippen molar-refractivity contribution in [1.29, 1.82) is 0 Å². The Morgan fingerprint density at radius 2 is 1.62 bits per heavy atom. The van der Waals surface area contributed by atoms with Crippen molar-refractivity contribution < 1.29 is 24.2 Å². The molecule has 34 heavy (non-hydrogen) atoms. The zero-order chi connectivity index (χ0) is 23.7. The van der Waals surface area contributed by atoms with Crippen molar-refractivity contribution in [3.05, 3.63) is 59.7 Å². The molecule has 7 heteroatoms. The minimum atomic E-state index is -0.789. The second-order valence-electron chi connectivity index (χ2n) is 9.91. The van der Waals surface area contributed by atoms with Gasteiger partial charge in [-0.3, -0.25) is 9.59 Å². The van der Waals surface area contributed by atoms with E-state index in [2.05, 4.69) is 34.9 Å². The number of carboxylic acids is 1. The second kappa shape index (κ2) is 9.12. The Kier molecular flexibility index (Phi) is 6.02. The first-order valence-electron chi connectivity index (χ1n) is 12.1. The monoisotopic (exact) mass is 462 g/mol. The summed E-state index contributed by atoms with van der Waals surface area (Å²) in [4.78, 5) is 36.3. The second-order valence-corrected chi connectivity index (χ2v) is 9.91. The number of hydrogen-bond acceptors (Lipinski definition) is 4. The molecule has 3 N–H and O–H groups in total. The molecule has 2 aromatic carbocycles. The maximum atomic E-state index is 12.8. The van der Waals surface area contributed by atoms with E-state index in [1.165, 1.54) is 11.1 Å². The Balaban J connectivity index is 1.12. The summed E-state index contributed by atoms with van der Waals surface area (Å²) in [5.41, 5.74) is 4.10. The molecule has 178 valence electrons. The third kappa shape index (κ3) is 4.52. The molecule has 2 amide bonds. The van der Waals surface area contributed by atoms with E-state index < -0.39 is 17.5 Å². The van der Waals surface area contributed by atoms with Gasteiger partial charge in [-0.1, -0.05) is 48.5 Å². The van der Waals surface area contributed by atoms with Crippen LogP contribution in [0.2, 0.25) is 0 Å².